The van der Waals surface area contributed by atoms with E-state index < -0.39 is 6.04 Å². The van der Waals surface area contributed by atoms with E-state index in [4.69, 9.17) is 4.74 Å². The summed E-state index contributed by atoms with van der Waals surface area (Å²) in [6.07, 6.45) is 0.234. The zero-order chi connectivity index (χ0) is 21.4. The van der Waals surface area contributed by atoms with Gasteiger partial charge in [-0.1, -0.05) is 55.8 Å². The maximum Gasteiger partial charge on any atom is 0.242 e. The molecular weight excluding hydrogens is 364 g/mol. The van der Waals surface area contributed by atoms with Crippen LogP contribution in [0.2, 0.25) is 0 Å². The maximum absolute atomic E-state index is 13.1. The molecule has 0 heterocycles. The first-order valence-corrected chi connectivity index (χ1v) is 10.1. The molecule has 29 heavy (non-hydrogen) atoms. The summed E-state index contributed by atoms with van der Waals surface area (Å²) in [5.41, 5.74) is 3.05. The van der Waals surface area contributed by atoms with E-state index in [1.807, 2.05) is 69.3 Å². The summed E-state index contributed by atoms with van der Waals surface area (Å²) in [5, 5.41) is 2.94. The fraction of sp³-hybridized carbons (Fsp3) is 0.417. The van der Waals surface area contributed by atoms with E-state index in [-0.39, 0.29) is 18.2 Å². The molecule has 0 radical (unpaired) electrons. The van der Waals surface area contributed by atoms with Crippen molar-refractivity contribution in [3.8, 4) is 5.75 Å². The second kappa shape index (κ2) is 10.6. The van der Waals surface area contributed by atoms with Gasteiger partial charge in [-0.25, -0.2) is 0 Å². The number of carbonyl (C=O) groups excluding carboxylic acids is 2. The molecule has 1 atom stereocenters. The minimum atomic E-state index is -0.555. The fourth-order valence-corrected chi connectivity index (χ4v) is 2.94. The molecule has 0 saturated heterocycles. The number of rotatable bonds is 9. The van der Waals surface area contributed by atoms with E-state index in [2.05, 4.69) is 5.32 Å². The molecule has 2 aromatic carbocycles. The van der Waals surface area contributed by atoms with Gasteiger partial charge in [0.1, 0.15) is 11.8 Å². The first-order chi connectivity index (χ1) is 13.8. The molecule has 0 aliphatic carbocycles. The van der Waals surface area contributed by atoms with Gasteiger partial charge in [0.15, 0.2) is 0 Å². The Hall–Kier alpha value is -2.82. The minimum absolute atomic E-state index is 0.0806. The second-order valence-electron chi connectivity index (χ2n) is 7.85. The van der Waals surface area contributed by atoms with E-state index in [9.17, 15) is 9.59 Å². The Balaban J connectivity index is 2.18. The van der Waals surface area contributed by atoms with Crippen LogP contribution in [0, 0.1) is 12.8 Å². The van der Waals surface area contributed by atoms with Crippen molar-refractivity contribution in [1.82, 2.24) is 10.2 Å². The zero-order valence-corrected chi connectivity index (χ0v) is 18.1. The topological polar surface area (TPSA) is 58.6 Å². The number of carbonyl (C=O) groups is 2. The molecule has 0 aromatic heterocycles. The fourth-order valence-electron chi connectivity index (χ4n) is 2.94. The third-order valence-corrected chi connectivity index (χ3v) is 4.84. The Morgan fingerprint density at radius 3 is 2.10 bits per heavy atom. The highest BCUT2D eigenvalue weighted by Crippen LogP contribution is 2.16. The smallest absolute Gasteiger partial charge is 0.242 e. The van der Waals surface area contributed by atoms with Crippen molar-refractivity contribution in [2.24, 2.45) is 5.92 Å². The quantitative estimate of drug-likeness (QED) is 0.703. The molecule has 0 bridgehead atoms. The molecule has 0 aliphatic rings. The van der Waals surface area contributed by atoms with Crippen LogP contribution in [0.1, 0.15) is 37.5 Å². The lowest BCUT2D eigenvalue weighted by Crippen LogP contribution is -2.48. The molecule has 2 aromatic rings. The molecule has 5 nitrogen and oxygen atoms in total. The lowest BCUT2D eigenvalue weighted by molar-refractivity contribution is -0.140. The highest BCUT2D eigenvalue weighted by molar-refractivity contribution is 5.88. The van der Waals surface area contributed by atoms with E-state index in [0.29, 0.717) is 19.0 Å². The third-order valence-electron chi connectivity index (χ3n) is 4.84. The predicted octanol–water partition coefficient (Wildman–Crippen LogP) is 3.74. The Bertz CT molecular complexity index is 798. The summed E-state index contributed by atoms with van der Waals surface area (Å²) >= 11 is 0. The SMILES string of the molecule is COc1ccc(CC(=O)N(Cc2ccc(C)cc2)[C@H](C)C(=O)NCC(C)C)cc1. The van der Waals surface area contributed by atoms with Crippen molar-refractivity contribution < 1.29 is 14.3 Å². The second-order valence-corrected chi connectivity index (χ2v) is 7.85. The third kappa shape index (κ3) is 6.93. The van der Waals surface area contributed by atoms with Gasteiger partial charge in [0, 0.05) is 13.1 Å². The summed E-state index contributed by atoms with van der Waals surface area (Å²) in [6.45, 7) is 8.89. The standard InChI is InChI=1S/C24H32N2O3/c1-17(2)15-25-24(28)19(4)26(16-21-8-6-18(3)7-9-21)23(27)14-20-10-12-22(29-5)13-11-20/h6-13,17,19H,14-16H2,1-5H3,(H,25,28)/t19-/m1/s1. The van der Waals surface area contributed by atoms with Gasteiger partial charge >= 0.3 is 0 Å². The summed E-state index contributed by atoms with van der Waals surface area (Å²) < 4.78 is 5.18. The molecular formula is C24H32N2O3. The average Bonchev–Trinajstić information content (AvgIpc) is 2.71. The van der Waals surface area contributed by atoms with Crippen LogP contribution in [0.5, 0.6) is 5.75 Å². The molecule has 0 fully saturated rings. The molecule has 2 amide bonds. The number of ether oxygens (including phenoxy) is 1. The molecule has 1 N–H and O–H groups in total. The monoisotopic (exact) mass is 396 g/mol. The number of aryl methyl sites for hydroxylation is 1. The maximum atomic E-state index is 13.1. The molecule has 5 heteroatoms. The van der Waals surface area contributed by atoms with Crippen LogP contribution >= 0.6 is 0 Å². The van der Waals surface area contributed by atoms with Crippen molar-refractivity contribution in [2.45, 2.75) is 46.7 Å². The van der Waals surface area contributed by atoms with Gasteiger partial charge in [-0.3, -0.25) is 9.59 Å². The number of nitrogens with zero attached hydrogens (tertiary/aromatic N) is 1. The van der Waals surface area contributed by atoms with Crippen molar-refractivity contribution in [3.05, 3.63) is 65.2 Å². The molecule has 0 saturated carbocycles. The summed E-state index contributed by atoms with van der Waals surface area (Å²) in [4.78, 5) is 27.4. The van der Waals surface area contributed by atoms with Crippen molar-refractivity contribution in [1.29, 1.82) is 0 Å². The average molecular weight is 397 g/mol. The van der Waals surface area contributed by atoms with Gasteiger partial charge in [-0.2, -0.15) is 0 Å². The van der Waals surface area contributed by atoms with Crippen LogP contribution in [-0.2, 0) is 22.6 Å². The van der Waals surface area contributed by atoms with E-state index in [1.165, 1.54) is 0 Å². The van der Waals surface area contributed by atoms with Crippen LogP contribution in [0.25, 0.3) is 0 Å². The number of hydrogen-bond acceptors (Lipinski definition) is 3. The van der Waals surface area contributed by atoms with E-state index >= 15 is 0 Å². The highest BCUT2D eigenvalue weighted by Gasteiger charge is 2.26. The zero-order valence-electron chi connectivity index (χ0n) is 18.1. The lowest BCUT2D eigenvalue weighted by atomic mass is 10.1. The summed E-state index contributed by atoms with van der Waals surface area (Å²) in [6, 6.07) is 14.9. The molecule has 0 aliphatic heterocycles. The Labute approximate surface area is 174 Å². The van der Waals surface area contributed by atoms with Gasteiger partial charge in [-0.15, -0.1) is 0 Å². The van der Waals surface area contributed by atoms with Gasteiger partial charge in [0.25, 0.3) is 0 Å². The molecule has 2 rings (SSSR count). The number of amides is 2. The van der Waals surface area contributed by atoms with Crippen LogP contribution in [-0.4, -0.2) is 36.4 Å². The van der Waals surface area contributed by atoms with Gasteiger partial charge in [0.05, 0.1) is 13.5 Å². The van der Waals surface area contributed by atoms with Gasteiger partial charge in [-0.05, 0) is 43.0 Å². The van der Waals surface area contributed by atoms with Crippen LogP contribution < -0.4 is 10.1 Å². The lowest BCUT2D eigenvalue weighted by Gasteiger charge is -2.29. The van der Waals surface area contributed by atoms with Crippen molar-refractivity contribution in [3.63, 3.8) is 0 Å². The largest absolute Gasteiger partial charge is 0.497 e. The molecule has 0 spiro atoms. The Morgan fingerprint density at radius 1 is 0.966 bits per heavy atom. The minimum Gasteiger partial charge on any atom is -0.497 e. The number of methoxy groups -OCH3 is 1. The Kier molecular flexibility index (Phi) is 8.25. The normalized spacial score (nSPS) is 11.8. The van der Waals surface area contributed by atoms with E-state index in [0.717, 1.165) is 22.4 Å². The first-order valence-electron chi connectivity index (χ1n) is 10.1. The number of hydrogen-bond donors (Lipinski definition) is 1. The van der Waals surface area contributed by atoms with Crippen LogP contribution in [0.3, 0.4) is 0 Å². The number of benzene rings is 2. The van der Waals surface area contributed by atoms with Crippen LogP contribution in [0.4, 0.5) is 0 Å². The van der Waals surface area contributed by atoms with E-state index in [1.54, 1.807) is 18.9 Å². The van der Waals surface area contributed by atoms with Gasteiger partial charge < -0.3 is 15.0 Å². The molecule has 0 unspecified atom stereocenters. The van der Waals surface area contributed by atoms with Gasteiger partial charge in [0.2, 0.25) is 11.8 Å². The summed E-state index contributed by atoms with van der Waals surface area (Å²) in [5.74, 6) is 0.891. The Morgan fingerprint density at radius 2 is 1.55 bits per heavy atom. The van der Waals surface area contributed by atoms with Crippen molar-refractivity contribution >= 4 is 11.8 Å². The summed E-state index contributed by atoms with van der Waals surface area (Å²) in [7, 11) is 1.61. The predicted molar refractivity (Wildman–Crippen MR) is 116 cm³/mol. The first kappa shape index (κ1) is 22.5. The van der Waals surface area contributed by atoms with Crippen molar-refractivity contribution in [2.75, 3.05) is 13.7 Å². The van der Waals surface area contributed by atoms with Crippen LogP contribution in [0.15, 0.2) is 48.5 Å². The molecule has 156 valence electrons. The highest BCUT2D eigenvalue weighted by atomic mass is 16.5. The number of nitrogens with one attached hydrogen (secondary N) is 1.